The highest BCUT2D eigenvalue weighted by Crippen LogP contribution is 2.35. The van der Waals surface area contributed by atoms with Crippen molar-refractivity contribution < 1.29 is 4.79 Å². The molecule has 2 aliphatic rings. The summed E-state index contributed by atoms with van der Waals surface area (Å²) >= 11 is 3.48. The molecule has 6 nitrogen and oxygen atoms in total. The molecule has 150 valence electrons. The number of carbonyl (C=O) groups is 1. The number of rotatable bonds is 3. The van der Waals surface area contributed by atoms with Gasteiger partial charge in [0, 0.05) is 43.4 Å². The molecule has 2 aliphatic heterocycles. The van der Waals surface area contributed by atoms with Crippen molar-refractivity contribution in [2.45, 2.75) is 17.9 Å². The highest BCUT2D eigenvalue weighted by Gasteiger charge is 2.32. The molecule has 0 aliphatic carbocycles. The van der Waals surface area contributed by atoms with E-state index in [4.69, 9.17) is 0 Å². The minimum Gasteiger partial charge on any atom is -0.353 e. The number of benzene rings is 1. The van der Waals surface area contributed by atoms with Crippen LogP contribution in [0.25, 0.3) is 10.2 Å². The van der Waals surface area contributed by atoms with Gasteiger partial charge in [-0.05, 0) is 30.5 Å². The van der Waals surface area contributed by atoms with E-state index in [1.54, 1.807) is 17.7 Å². The number of hydrogen-bond donors (Lipinski definition) is 0. The van der Waals surface area contributed by atoms with Crippen molar-refractivity contribution in [1.29, 1.82) is 0 Å². The third-order valence-corrected chi connectivity index (χ3v) is 7.62. The lowest BCUT2D eigenvalue weighted by Gasteiger charge is -2.40. The number of thiophene rings is 1. The molecular weight excluding hydrogens is 402 g/mol. The highest BCUT2D eigenvalue weighted by atomic mass is 32.2. The number of hydrogen-bond acceptors (Lipinski definition) is 7. The van der Waals surface area contributed by atoms with Gasteiger partial charge in [-0.1, -0.05) is 12.1 Å². The Bertz CT molecular complexity index is 1030. The first-order valence-electron chi connectivity index (χ1n) is 9.93. The van der Waals surface area contributed by atoms with Crippen LogP contribution in [0, 0.1) is 0 Å². The van der Waals surface area contributed by atoms with Crippen LogP contribution in [0.4, 0.5) is 11.5 Å². The predicted octanol–water partition coefficient (Wildman–Crippen LogP) is 3.34. The molecule has 8 heteroatoms. The molecule has 0 spiro atoms. The number of para-hydroxylation sites is 1. The van der Waals surface area contributed by atoms with Crippen molar-refractivity contribution in [1.82, 2.24) is 14.9 Å². The molecule has 0 bridgehead atoms. The lowest BCUT2D eigenvalue weighted by Crippen LogP contribution is -2.55. The van der Waals surface area contributed by atoms with Crippen LogP contribution in [0.1, 0.15) is 6.92 Å². The third-order valence-electron chi connectivity index (χ3n) is 5.75. The Labute approximate surface area is 178 Å². The molecule has 0 saturated carbocycles. The van der Waals surface area contributed by atoms with Gasteiger partial charge in [-0.15, -0.1) is 23.1 Å². The third kappa shape index (κ3) is 3.49. The van der Waals surface area contributed by atoms with Crippen molar-refractivity contribution in [2.24, 2.45) is 0 Å². The maximum Gasteiger partial charge on any atom is 0.244 e. The molecule has 1 atom stereocenters. The second-order valence-electron chi connectivity index (χ2n) is 7.34. The lowest BCUT2D eigenvalue weighted by molar-refractivity contribution is -0.123. The monoisotopic (exact) mass is 425 g/mol. The van der Waals surface area contributed by atoms with E-state index in [2.05, 4.69) is 43.3 Å². The zero-order chi connectivity index (χ0) is 19.8. The summed E-state index contributed by atoms with van der Waals surface area (Å²) in [6.45, 7) is 6.27. The van der Waals surface area contributed by atoms with Gasteiger partial charge in [0.1, 0.15) is 17.0 Å². The maximum absolute atomic E-state index is 13.3. The molecule has 1 unspecified atom stereocenters. The number of fused-ring (bicyclic) bond motifs is 2. The molecule has 1 aromatic carbocycles. The van der Waals surface area contributed by atoms with Gasteiger partial charge in [-0.3, -0.25) is 9.69 Å². The standard InChI is InChI=1S/C21H23N5OS2/c1-15(21(27)26-11-13-28-18-5-3-2-4-17(18)26)24-7-9-25(10-8-24)19-16-6-12-29-20(16)23-14-22-19/h2-6,12,14-15H,7-11,13H2,1H3. The fourth-order valence-electron chi connectivity index (χ4n) is 4.13. The van der Waals surface area contributed by atoms with Gasteiger partial charge in [0.05, 0.1) is 17.1 Å². The Morgan fingerprint density at radius 1 is 1.07 bits per heavy atom. The van der Waals surface area contributed by atoms with E-state index in [0.717, 1.165) is 60.2 Å². The fraction of sp³-hybridized carbons (Fsp3) is 0.381. The van der Waals surface area contributed by atoms with Gasteiger partial charge in [0.15, 0.2) is 0 Å². The van der Waals surface area contributed by atoms with Crippen LogP contribution in [-0.2, 0) is 4.79 Å². The first-order valence-corrected chi connectivity index (χ1v) is 11.8. The van der Waals surface area contributed by atoms with Crippen LogP contribution in [0.15, 0.2) is 46.9 Å². The summed E-state index contributed by atoms with van der Waals surface area (Å²) in [6, 6.07) is 10.2. The summed E-state index contributed by atoms with van der Waals surface area (Å²) < 4.78 is 0. The molecule has 1 fully saturated rings. The minimum absolute atomic E-state index is 0.125. The topological polar surface area (TPSA) is 52.6 Å². The summed E-state index contributed by atoms with van der Waals surface area (Å²) in [4.78, 5) is 31.0. The van der Waals surface area contributed by atoms with Gasteiger partial charge in [-0.2, -0.15) is 0 Å². The zero-order valence-electron chi connectivity index (χ0n) is 16.3. The molecule has 4 heterocycles. The van der Waals surface area contributed by atoms with Gasteiger partial charge in [0.25, 0.3) is 0 Å². The van der Waals surface area contributed by atoms with Crippen LogP contribution in [0.3, 0.4) is 0 Å². The SMILES string of the molecule is CC(C(=O)N1CCSc2ccccc21)N1CCN(c2ncnc3sccc23)CC1. The van der Waals surface area contributed by atoms with Gasteiger partial charge in [-0.25, -0.2) is 9.97 Å². The van der Waals surface area contributed by atoms with Gasteiger partial charge >= 0.3 is 0 Å². The number of amides is 1. The molecule has 0 radical (unpaired) electrons. The summed E-state index contributed by atoms with van der Waals surface area (Å²) in [7, 11) is 0. The first-order chi connectivity index (χ1) is 14.2. The lowest BCUT2D eigenvalue weighted by atomic mass is 10.1. The van der Waals surface area contributed by atoms with E-state index >= 15 is 0 Å². The molecule has 0 N–H and O–H groups in total. The number of piperazine rings is 1. The molecule has 1 saturated heterocycles. The normalized spacial score (nSPS) is 18.7. The van der Waals surface area contributed by atoms with Crippen LogP contribution in [-0.4, -0.2) is 65.3 Å². The van der Waals surface area contributed by atoms with E-state index in [0.29, 0.717) is 0 Å². The fourth-order valence-corrected chi connectivity index (χ4v) is 5.85. The minimum atomic E-state index is -0.125. The number of anilines is 2. The van der Waals surface area contributed by atoms with E-state index in [1.165, 1.54) is 4.90 Å². The van der Waals surface area contributed by atoms with Crippen LogP contribution >= 0.6 is 23.1 Å². The second-order valence-corrected chi connectivity index (χ2v) is 9.37. The van der Waals surface area contributed by atoms with E-state index in [-0.39, 0.29) is 11.9 Å². The second kappa shape index (κ2) is 7.93. The van der Waals surface area contributed by atoms with Gasteiger partial charge in [0.2, 0.25) is 5.91 Å². The quantitative estimate of drug-likeness (QED) is 0.642. The maximum atomic E-state index is 13.3. The number of thioether (sulfide) groups is 1. The van der Waals surface area contributed by atoms with Crippen molar-refractivity contribution in [3.8, 4) is 0 Å². The average molecular weight is 426 g/mol. The van der Waals surface area contributed by atoms with E-state index < -0.39 is 0 Å². The Kier molecular flexibility index (Phi) is 5.15. The number of aromatic nitrogens is 2. The number of nitrogens with zero attached hydrogens (tertiary/aromatic N) is 5. The van der Waals surface area contributed by atoms with Crippen LogP contribution in [0.5, 0.6) is 0 Å². The highest BCUT2D eigenvalue weighted by molar-refractivity contribution is 7.99. The predicted molar refractivity (Wildman–Crippen MR) is 120 cm³/mol. The smallest absolute Gasteiger partial charge is 0.244 e. The molecule has 1 amide bonds. The van der Waals surface area contributed by atoms with Gasteiger partial charge < -0.3 is 9.80 Å². The Hall–Kier alpha value is -2.16. The van der Waals surface area contributed by atoms with E-state index in [9.17, 15) is 4.79 Å². The molecule has 5 rings (SSSR count). The summed E-state index contributed by atoms with van der Waals surface area (Å²) in [5.74, 6) is 2.17. The number of carbonyl (C=O) groups excluding carboxylic acids is 1. The van der Waals surface area contributed by atoms with Crippen molar-refractivity contribution >= 4 is 50.7 Å². The summed E-state index contributed by atoms with van der Waals surface area (Å²) in [6.07, 6.45) is 1.65. The molecule has 2 aromatic heterocycles. The molecule has 29 heavy (non-hydrogen) atoms. The molecular formula is C21H23N5OS2. The van der Waals surface area contributed by atoms with Crippen molar-refractivity contribution in [3.05, 3.63) is 42.0 Å². The zero-order valence-corrected chi connectivity index (χ0v) is 18.0. The Morgan fingerprint density at radius 2 is 1.90 bits per heavy atom. The Morgan fingerprint density at radius 3 is 2.76 bits per heavy atom. The average Bonchev–Trinajstić information content (AvgIpc) is 3.27. The summed E-state index contributed by atoms with van der Waals surface area (Å²) in [5, 5.41) is 3.19. The Balaban J connectivity index is 1.28. The summed E-state index contributed by atoms with van der Waals surface area (Å²) in [5.41, 5.74) is 1.06. The molecule has 3 aromatic rings. The largest absolute Gasteiger partial charge is 0.353 e. The van der Waals surface area contributed by atoms with Crippen LogP contribution < -0.4 is 9.80 Å². The first kappa shape index (κ1) is 18.8. The van der Waals surface area contributed by atoms with Crippen molar-refractivity contribution in [2.75, 3.05) is 48.3 Å². The van der Waals surface area contributed by atoms with Crippen LogP contribution in [0.2, 0.25) is 0 Å². The van der Waals surface area contributed by atoms with E-state index in [1.807, 2.05) is 35.7 Å². The van der Waals surface area contributed by atoms with Crippen molar-refractivity contribution in [3.63, 3.8) is 0 Å².